The number of benzene rings is 1. The summed E-state index contributed by atoms with van der Waals surface area (Å²) in [5.41, 5.74) is 10.7. The predicted octanol–water partition coefficient (Wildman–Crippen LogP) is 2.36. The van der Waals surface area contributed by atoms with Gasteiger partial charge in [-0.1, -0.05) is 6.07 Å². The minimum Gasteiger partial charge on any atom is -0.398 e. The number of hydrogen-bond acceptors (Lipinski definition) is 3. The van der Waals surface area contributed by atoms with E-state index >= 15 is 0 Å². The van der Waals surface area contributed by atoms with Crippen LogP contribution in [0.3, 0.4) is 0 Å². The summed E-state index contributed by atoms with van der Waals surface area (Å²) < 4.78 is 1.79. The maximum absolute atomic E-state index is 5.86. The Hall–Kier alpha value is -1.97. The summed E-state index contributed by atoms with van der Waals surface area (Å²) >= 11 is 0. The Morgan fingerprint density at radius 1 is 1.25 bits per heavy atom. The first-order valence-electron chi connectivity index (χ1n) is 5.20. The van der Waals surface area contributed by atoms with Gasteiger partial charge in [-0.2, -0.15) is 5.10 Å². The number of nitrogen functional groups attached to an aromatic ring is 1. The molecule has 0 atom stereocenters. The summed E-state index contributed by atoms with van der Waals surface area (Å²) in [7, 11) is 1.91. The van der Waals surface area contributed by atoms with E-state index in [9.17, 15) is 0 Å². The van der Waals surface area contributed by atoms with Crippen molar-refractivity contribution in [1.29, 1.82) is 0 Å². The Kier molecular flexibility index (Phi) is 2.56. The van der Waals surface area contributed by atoms with E-state index in [2.05, 4.69) is 10.4 Å². The molecule has 1 aromatic heterocycles. The Bertz CT molecular complexity index is 514. The monoisotopic (exact) mass is 216 g/mol. The first-order valence-corrected chi connectivity index (χ1v) is 5.20. The number of nitrogens with one attached hydrogen (secondary N) is 1. The zero-order valence-corrected chi connectivity index (χ0v) is 9.78. The molecule has 1 heterocycles. The van der Waals surface area contributed by atoms with Crippen molar-refractivity contribution in [2.45, 2.75) is 13.8 Å². The molecule has 0 amide bonds. The SMILES string of the molecule is Cc1nn(C)cc1Nc1cccc(N)c1C. The molecule has 0 aliphatic rings. The Morgan fingerprint density at radius 3 is 2.62 bits per heavy atom. The second kappa shape index (κ2) is 3.89. The van der Waals surface area contributed by atoms with E-state index in [1.165, 1.54) is 0 Å². The van der Waals surface area contributed by atoms with Crippen molar-refractivity contribution in [3.05, 3.63) is 35.7 Å². The number of rotatable bonds is 2. The van der Waals surface area contributed by atoms with E-state index < -0.39 is 0 Å². The highest BCUT2D eigenvalue weighted by molar-refractivity contribution is 5.69. The third-order valence-corrected chi connectivity index (χ3v) is 2.66. The first-order chi connectivity index (χ1) is 7.58. The minimum absolute atomic E-state index is 0.798. The lowest BCUT2D eigenvalue weighted by atomic mass is 10.1. The van der Waals surface area contributed by atoms with Crippen LogP contribution in [0.5, 0.6) is 0 Å². The van der Waals surface area contributed by atoms with Gasteiger partial charge >= 0.3 is 0 Å². The lowest BCUT2D eigenvalue weighted by Gasteiger charge is -2.09. The summed E-state index contributed by atoms with van der Waals surface area (Å²) in [4.78, 5) is 0. The molecule has 0 fully saturated rings. The quantitative estimate of drug-likeness (QED) is 0.758. The molecule has 4 heteroatoms. The van der Waals surface area contributed by atoms with E-state index in [1.807, 2.05) is 45.3 Å². The summed E-state index contributed by atoms with van der Waals surface area (Å²) in [5.74, 6) is 0. The van der Waals surface area contributed by atoms with Crippen molar-refractivity contribution in [3.63, 3.8) is 0 Å². The zero-order valence-electron chi connectivity index (χ0n) is 9.78. The zero-order chi connectivity index (χ0) is 11.7. The van der Waals surface area contributed by atoms with Crippen LogP contribution in [-0.4, -0.2) is 9.78 Å². The van der Waals surface area contributed by atoms with Crippen LogP contribution >= 0.6 is 0 Å². The molecule has 16 heavy (non-hydrogen) atoms. The summed E-state index contributed by atoms with van der Waals surface area (Å²) in [5, 5.41) is 7.62. The summed E-state index contributed by atoms with van der Waals surface area (Å²) in [6.07, 6.45) is 1.96. The molecular formula is C12H16N4. The van der Waals surface area contributed by atoms with Gasteiger partial charge < -0.3 is 11.1 Å². The highest BCUT2D eigenvalue weighted by Crippen LogP contribution is 2.25. The second-order valence-electron chi connectivity index (χ2n) is 3.95. The molecule has 0 unspecified atom stereocenters. The molecule has 0 aliphatic carbocycles. The number of nitrogens with zero attached hydrogens (tertiary/aromatic N) is 2. The highest BCUT2D eigenvalue weighted by atomic mass is 15.3. The van der Waals surface area contributed by atoms with Crippen LogP contribution in [0, 0.1) is 13.8 Å². The maximum Gasteiger partial charge on any atom is 0.0828 e. The van der Waals surface area contributed by atoms with Crippen LogP contribution in [0.25, 0.3) is 0 Å². The molecule has 0 bridgehead atoms. The van der Waals surface area contributed by atoms with Crippen LogP contribution in [0.1, 0.15) is 11.3 Å². The van der Waals surface area contributed by atoms with Crippen molar-refractivity contribution in [2.24, 2.45) is 7.05 Å². The van der Waals surface area contributed by atoms with E-state index in [1.54, 1.807) is 4.68 Å². The highest BCUT2D eigenvalue weighted by Gasteiger charge is 2.05. The van der Waals surface area contributed by atoms with Crippen molar-refractivity contribution in [1.82, 2.24) is 9.78 Å². The standard InChI is InChI=1S/C12H16N4/c1-8-10(13)5-4-6-11(8)14-12-7-16(3)15-9(12)2/h4-7,14H,13H2,1-3H3. The van der Waals surface area contributed by atoms with Crippen LogP contribution in [0.4, 0.5) is 17.1 Å². The molecule has 0 aliphatic heterocycles. The van der Waals surface area contributed by atoms with Gasteiger partial charge in [-0.3, -0.25) is 4.68 Å². The average molecular weight is 216 g/mol. The fraction of sp³-hybridized carbons (Fsp3) is 0.250. The minimum atomic E-state index is 0.798. The molecule has 84 valence electrons. The van der Waals surface area contributed by atoms with Gasteiger partial charge in [0, 0.05) is 24.6 Å². The van der Waals surface area contributed by atoms with Gasteiger partial charge in [-0.05, 0) is 31.5 Å². The van der Waals surface area contributed by atoms with Crippen molar-refractivity contribution >= 4 is 17.1 Å². The van der Waals surface area contributed by atoms with Crippen molar-refractivity contribution < 1.29 is 0 Å². The van der Waals surface area contributed by atoms with Crippen LogP contribution in [0.15, 0.2) is 24.4 Å². The number of aryl methyl sites for hydroxylation is 2. The number of nitrogens with two attached hydrogens (primary N) is 1. The summed E-state index contributed by atoms with van der Waals surface area (Å²) in [6, 6.07) is 5.85. The van der Waals surface area contributed by atoms with Crippen LogP contribution in [0.2, 0.25) is 0 Å². The molecule has 4 nitrogen and oxygen atoms in total. The number of aromatic nitrogens is 2. The van der Waals surface area contributed by atoms with Gasteiger partial charge in [0.25, 0.3) is 0 Å². The van der Waals surface area contributed by atoms with Gasteiger partial charge in [0.15, 0.2) is 0 Å². The molecule has 0 saturated carbocycles. The molecule has 1 aromatic carbocycles. The molecule has 0 spiro atoms. The van der Waals surface area contributed by atoms with E-state index in [0.29, 0.717) is 0 Å². The Morgan fingerprint density at radius 2 is 2.00 bits per heavy atom. The van der Waals surface area contributed by atoms with Crippen molar-refractivity contribution in [3.8, 4) is 0 Å². The van der Waals surface area contributed by atoms with Gasteiger partial charge in [0.2, 0.25) is 0 Å². The van der Waals surface area contributed by atoms with Crippen LogP contribution < -0.4 is 11.1 Å². The molecule has 3 N–H and O–H groups in total. The average Bonchev–Trinajstić information content (AvgIpc) is 2.53. The fourth-order valence-corrected chi connectivity index (χ4v) is 1.66. The second-order valence-corrected chi connectivity index (χ2v) is 3.95. The molecule has 0 radical (unpaired) electrons. The number of hydrogen-bond donors (Lipinski definition) is 2. The molecule has 2 rings (SSSR count). The topological polar surface area (TPSA) is 55.9 Å². The lowest BCUT2D eigenvalue weighted by Crippen LogP contribution is -1.97. The van der Waals surface area contributed by atoms with Gasteiger partial charge in [-0.25, -0.2) is 0 Å². The summed E-state index contributed by atoms with van der Waals surface area (Å²) in [6.45, 7) is 3.98. The third-order valence-electron chi connectivity index (χ3n) is 2.66. The van der Waals surface area contributed by atoms with Crippen molar-refractivity contribution in [2.75, 3.05) is 11.1 Å². The molecule has 0 saturated heterocycles. The van der Waals surface area contributed by atoms with Crippen LogP contribution in [-0.2, 0) is 7.05 Å². The predicted molar refractivity (Wildman–Crippen MR) is 66.8 cm³/mol. The largest absolute Gasteiger partial charge is 0.398 e. The number of anilines is 3. The normalized spacial score (nSPS) is 10.4. The van der Waals surface area contributed by atoms with E-state index in [-0.39, 0.29) is 0 Å². The maximum atomic E-state index is 5.86. The molecular weight excluding hydrogens is 200 g/mol. The lowest BCUT2D eigenvalue weighted by molar-refractivity contribution is 0.756. The third kappa shape index (κ3) is 1.86. The van der Waals surface area contributed by atoms with Gasteiger partial charge in [-0.15, -0.1) is 0 Å². The van der Waals surface area contributed by atoms with Gasteiger partial charge in [0.1, 0.15) is 0 Å². The van der Waals surface area contributed by atoms with E-state index in [0.717, 1.165) is 28.3 Å². The fourth-order valence-electron chi connectivity index (χ4n) is 1.66. The first kappa shape index (κ1) is 10.5. The van der Waals surface area contributed by atoms with Gasteiger partial charge in [0.05, 0.1) is 11.4 Å². The smallest absolute Gasteiger partial charge is 0.0828 e. The van der Waals surface area contributed by atoms with E-state index in [4.69, 9.17) is 5.73 Å². The molecule has 2 aromatic rings. The Balaban J connectivity index is 2.34. The Labute approximate surface area is 95.1 Å².